The van der Waals surface area contributed by atoms with Gasteiger partial charge in [-0.25, -0.2) is 9.97 Å². The van der Waals surface area contributed by atoms with E-state index in [1.807, 2.05) is 36.4 Å². The Bertz CT molecular complexity index is 504. The number of anilines is 2. The van der Waals surface area contributed by atoms with Gasteiger partial charge in [-0.05, 0) is 6.42 Å². The largest absolute Gasteiger partial charge is 0.395 e. The van der Waals surface area contributed by atoms with Gasteiger partial charge >= 0.3 is 0 Å². The molecule has 0 bridgehead atoms. The summed E-state index contributed by atoms with van der Waals surface area (Å²) in [5.41, 5.74) is 0.972. The van der Waals surface area contributed by atoms with Crippen molar-refractivity contribution in [2.75, 3.05) is 30.3 Å². The predicted octanol–water partition coefficient (Wildman–Crippen LogP) is 2.37. The Hall–Kier alpha value is -2.14. The van der Waals surface area contributed by atoms with Crippen molar-refractivity contribution in [2.45, 2.75) is 13.3 Å². The molecule has 1 aromatic carbocycles. The molecule has 20 heavy (non-hydrogen) atoms. The van der Waals surface area contributed by atoms with E-state index in [-0.39, 0.29) is 6.61 Å². The number of benzene rings is 1. The van der Waals surface area contributed by atoms with Crippen molar-refractivity contribution in [3.05, 3.63) is 36.4 Å². The minimum Gasteiger partial charge on any atom is -0.395 e. The maximum Gasteiger partial charge on any atom is 0.163 e. The summed E-state index contributed by atoms with van der Waals surface area (Å²) in [6, 6.07) is 11.7. The van der Waals surface area contributed by atoms with Crippen LogP contribution in [0.1, 0.15) is 13.3 Å². The van der Waals surface area contributed by atoms with Gasteiger partial charge in [0.15, 0.2) is 5.82 Å². The molecule has 0 aliphatic heterocycles. The van der Waals surface area contributed by atoms with Crippen molar-refractivity contribution >= 4 is 11.6 Å². The van der Waals surface area contributed by atoms with Crippen LogP contribution in [-0.4, -0.2) is 34.8 Å². The number of aliphatic hydroxyl groups is 1. The molecule has 0 radical (unpaired) electrons. The topological polar surface area (TPSA) is 70.1 Å². The predicted molar refractivity (Wildman–Crippen MR) is 81.8 cm³/mol. The second kappa shape index (κ2) is 7.45. The van der Waals surface area contributed by atoms with Crippen LogP contribution in [0.3, 0.4) is 0 Å². The lowest BCUT2D eigenvalue weighted by molar-refractivity contribution is 0.311. The number of aromatic nitrogens is 2. The fourth-order valence-electron chi connectivity index (χ4n) is 1.78. The Kier molecular flexibility index (Phi) is 5.32. The van der Waals surface area contributed by atoms with Gasteiger partial charge in [-0.15, -0.1) is 0 Å². The van der Waals surface area contributed by atoms with Gasteiger partial charge in [-0.1, -0.05) is 37.3 Å². The maximum absolute atomic E-state index is 8.90. The zero-order chi connectivity index (χ0) is 14.2. The van der Waals surface area contributed by atoms with Crippen LogP contribution in [0.25, 0.3) is 11.4 Å². The second-order valence-corrected chi connectivity index (χ2v) is 4.41. The first kappa shape index (κ1) is 14.3. The summed E-state index contributed by atoms with van der Waals surface area (Å²) in [6.07, 6.45) is 1.03. The molecule has 0 unspecified atom stereocenters. The van der Waals surface area contributed by atoms with E-state index in [1.54, 1.807) is 0 Å². The molecule has 0 amide bonds. The first-order valence-corrected chi connectivity index (χ1v) is 6.86. The molecule has 5 nitrogen and oxygen atoms in total. The molecule has 0 saturated carbocycles. The second-order valence-electron chi connectivity index (χ2n) is 4.41. The highest BCUT2D eigenvalue weighted by Crippen LogP contribution is 2.19. The van der Waals surface area contributed by atoms with Gasteiger partial charge in [0.1, 0.15) is 11.6 Å². The van der Waals surface area contributed by atoms with E-state index in [1.165, 1.54) is 0 Å². The number of rotatable bonds is 7. The van der Waals surface area contributed by atoms with Crippen molar-refractivity contribution in [3.8, 4) is 11.4 Å². The minimum absolute atomic E-state index is 0.0718. The molecular weight excluding hydrogens is 252 g/mol. The molecule has 0 aliphatic carbocycles. The Balaban J connectivity index is 2.29. The van der Waals surface area contributed by atoms with Gasteiger partial charge in [-0.3, -0.25) is 0 Å². The standard InChI is InChI=1S/C15H20N4O/c1-2-8-16-13-11-14(17-9-10-20)19-15(18-13)12-6-4-3-5-7-12/h3-7,11,20H,2,8-10H2,1H3,(H2,16,17,18,19). The molecule has 0 atom stereocenters. The summed E-state index contributed by atoms with van der Waals surface area (Å²) < 4.78 is 0. The average Bonchev–Trinajstić information content (AvgIpc) is 2.51. The van der Waals surface area contributed by atoms with Crippen LogP contribution >= 0.6 is 0 Å². The van der Waals surface area contributed by atoms with Crippen molar-refractivity contribution in [2.24, 2.45) is 0 Å². The van der Waals surface area contributed by atoms with Gasteiger partial charge in [0.05, 0.1) is 6.61 Å². The zero-order valence-electron chi connectivity index (χ0n) is 11.6. The molecule has 1 aromatic heterocycles. The zero-order valence-corrected chi connectivity index (χ0v) is 11.6. The molecule has 0 aliphatic rings. The van der Waals surface area contributed by atoms with Crippen molar-refractivity contribution in [1.29, 1.82) is 0 Å². The van der Waals surface area contributed by atoms with Crippen LogP contribution < -0.4 is 10.6 Å². The molecule has 2 aromatic rings. The summed E-state index contributed by atoms with van der Waals surface area (Å²) >= 11 is 0. The Morgan fingerprint density at radius 3 is 2.25 bits per heavy atom. The van der Waals surface area contributed by atoms with Gasteiger partial charge in [0.25, 0.3) is 0 Å². The summed E-state index contributed by atoms with van der Waals surface area (Å²) in [6.45, 7) is 3.52. The van der Waals surface area contributed by atoms with Gasteiger partial charge in [-0.2, -0.15) is 0 Å². The summed E-state index contributed by atoms with van der Waals surface area (Å²) in [7, 11) is 0. The highest BCUT2D eigenvalue weighted by atomic mass is 16.3. The third-order valence-corrected chi connectivity index (χ3v) is 2.73. The lowest BCUT2D eigenvalue weighted by Gasteiger charge is -2.10. The van der Waals surface area contributed by atoms with Gasteiger partial charge in [0, 0.05) is 24.7 Å². The highest BCUT2D eigenvalue weighted by molar-refractivity contribution is 5.61. The molecular formula is C15H20N4O. The molecule has 5 heteroatoms. The van der Waals surface area contributed by atoms with E-state index >= 15 is 0 Å². The first-order chi connectivity index (χ1) is 9.83. The number of aliphatic hydroxyl groups excluding tert-OH is 1. The van der Waals surface area contributed by atoms with Crippen LogP contribution in [-0.2, 0) is 0 Å². The lowest BCUT2D eigenvalue weighted by atomic mass is 10.2. The monoisotopic (exact) mass is 272 g/mol. The van der Waals surface area contributed by atoms with E-state index in [0.717, 1.165) is 24.3 Å². The molecule has 0 fully saturated rings. The fraction of sp³-hybridized carbons (Fsp3) is 0.333. The normalized spacial score (nSPS) is 10.3. The van der Waals surface area contributed by atoms with Crippen LogP contribution in [0.2, 0.25) is 0 Å². The number of nitrogens with zero attached hydrogens (tertiary/aromatic N) is 2. The maximum atomic E-state index is 8.90. The summed E-state index contributed by atoms with van der Waals surface area (Å²) in [5.74, 6) is 2.18. The molecule has 1 heterocycles. The van der Waals surface area contributed by atoms with Crippen LogP contribution in [0, 0.1) is 0 Å². The van der Waals surface area contributed by atoms with Crippen molar-refractivity contribution in [1.82, 2.24) is 9.97 Å². The summed E-state index contributed by atoms with van der Waals surface area (Å²) in [5, 5.41) is 15.3. The van der Waals surface area contributed by atoms with Crippen molar-refractivity contribution < 1.29 is 5.11 Å². The fourth-order valence-corrected chi connectivity index (χ4v) is 1.78. The highest BCUT2D eigenvalue weighted by Gasteiger charge is 2.06. The van der Waals surface area contributed by atoms with Crippen LogP contribution in [0.4, 0.5) is 11.6 Å². The number of hydrogen-bond donors (Lipinski definition) is 3. The number of nitrogens with one attached hydrogen (secondary N) is 2. The Morgan fingerprint density at radius 2 is 1.65 bits per heavy atom. The Labute approximate surface area is 119 Å². The van der Waals surface area contributed by atoms with E-state index < -0.39 is 0 Å². The number of hydrogen-bond acceptors (Lipinski definition) is 5. The molecule has 0 saturated heterocycles. The lowest BCUT2D eigenvalue weighted by Crippen LogP contribution is -2.10. The minimum atomic E-state index is 0.0718. The van der Waals surface area contributed by atoms with E-state index in [9.17, 15) is 0 Å². The molecule has 0 spiro atoms. The van der Waals surface area contributed by atoms with Gasteiger partial charge in [0.2, 0.25) is 0 Å². The van der Waals surface area contributed by atoms with Crippen LogP contribution in [0.5, 0.6) is 0 Å². The summed E-state index contributed by atoms with van der Waals surface area (Å²) in [4.78, 5) is 9.00. The Morgan fingerprint density at radius 1 is 1.00 bits per heavy atom. The van der Waals surface area contributed by atoms with Gasteiger partial charge < -0.3 is 15.7 Å². The third kappa shape index (κ3) is 3.93. The average molecular weight is 272 g/mol. The van der Waals surface area contributed by atoms with Crippen LogP contribution in [0.15, 0.2) is 36.4 Å². The van der Waals surface area contributed by atoms with E-state index in [2.05, 4.69) is 27.5 Å². The first-order valence-electron chi connectivity index (χ1n) is 6.86. The van der Waals surface area contributed by atoms with E-state index in [4.69, 9.17) is 5.11 Å². The smallest absolute Gasteiger partial charge is 0.163 e. The molecule has 106 valence electrons. The molecule has 3 N–H and O–H groups in total. The van der Waals surface area contributed by atoms with Crippen molar-refractivity contribution in [3.63, 3.8) is 0 Å². The quantitative estimate of drug-likeness (QED) is 0.722. The SMILES string of the molecule is CCCNc1cc(NCCO)nc(-c2ccccc2)n1. The molecule has 2 rings (SSSR count). The van der Waals surface area contributed by atoms with E-state index in [0.29, 0.717) is 18.2 Å². The third-order valence-electron chi connectivity index (χ3n) is 2.73.